The first-order valence-corrected chi connectivity index (χ1v) is 18.8. The average molecular weight is 702 g/mol. The SMILES string of the molecule is CN(C)CCC(=O)O[C@H]1CC[C@H]2[C@@H]3[C@H](CCCS(=O)CCCC(F)(F)C(F)(F)F)Cc4cc(OP(=O)(O)O)ccc4[C@H]3CC[C@]12C. The molecule has 15 heteroatoms. The molecule has 1 unspecified atom stereocenters. The Labute approximate surface area is 269 Å². The molecule has 0 aliphatic heterocycles. The predicted octanol–water partition coefficient (Wildman–Crippen LogP) is 6.61. The Morgan fingerprint density at radius 3 is 2.46 bits per heavy atom. The fraction of sp³-hybridized carbons (Fsp3) is 0.774. The van der Waals surface area contributed by atoms with E-state index in [9.17, 15) is 45.3 Å². The predicted molar refractivity (Wildman–Crippen MR) is 163 cm³/mol. The van der Waals surface area contributed by atoms with Gasteiger partial charge in [0, 0.05) is 40.7 Å². The van der Waals surface area contributed by atoms with Crippen LogP contribution in [0.15, 0.2) is 18.2 Å². The molecule has 2 saturated carbocycles. The largest absolute Gasteiger partial charge is 0.524 e. The number of esters is 1. The quantitative estimate of drug-likeness (QED) is 0.127. The topological polar surface area (TPSA) is 113 Å². The first-order chi connectivity index (χ1) is 21.3. The van der Waals surface area contributed by atoms with Gasteiger partial charge >= 0.3 is 25.9 Å². The lowest BCUT2D eigenvalue weighted by Gasteiger charge is -2.53. The third-order valence-corrected chi connectivity index (χ3v) is 12.2. The molecule has 3 aliphatic rings. The van der Waals surface area contributed by atoms with Crippen molar-refractivity contribution in [2.75, 3.05) is 32.1 Å². The minimum absolute atomic E-state index is 0.0623. The minimum atomic E-state index is -5.63. The molecule has 0 spiro atoms. The van der Waals surface area contributed by atoms with E-state index in [4.69, 9.17) is 9.26 Å². The monoisotopic (exact) mass is 701 g/mol. The Bertz CT molecular complexity index is 1310. The number of hydrogen-bond donors (Lipinski definition) is 2. The Morgan fingerprint density at radius 1 is 1.11 bits per heavy atom. The van der Waals surface area contributed by atoms with Crippen LogP contribution in [0, 0.1) is 23.2 Å². The van der Waals surface area contributed by atoms with E-state index in [1.807, 2.05) is 25.1 Å². The number of ether oxygens (including phenoxy) is 1. The normalized spacial score (nSPS) is 28.7. The highest BCUT2D eigenvalue weighted by molar-refractivity contribution is 7.84. The molecular formula is C31H45F5NO7PS. The van der Waals surface area contributed by atoms with E-state index in [1.165, 1.54) is 0 Å². The number of fused-ring (bicyclic) bond motifs is 5. The summed E-state index contributed by atoms with van der Waals surface area (Å²) in [6, 6.07) is 5.10. The lowest BCUT2D eigenvalue weighted by atomic mass is 9.52. The summed E-state index contributed by atoms with van der Waals surface area (Å²) >= 11 is 0. The lowest BCUT2D eigenvalue weighted by Crippen LogP contribution is -2.48. The van der Waals surface area contributed by atoms with Crippen molar-refractivity contribution in [3.05, 3.63) is 29.3 Å². The van der Waals surface area contributed by atoms with Gasteiger partial charge in [-0.15, -0.1) is 0 Å². The number of benzene rings is 1. The van der Waals surface area contributed by atoms with Gasteiger partial charge in [0.25, 0.3) is 0 Å². The summed E-state index contributed by atoms with van der Waals surface area (Å²) in [6.45, 7) is 2.79. The Kier molecular flexibility index (Phi) is 11.7. The van der Waals surface area contributed by atoms with Crippen LogP contribution in [0.1, 0.15) is 81.8 Å². The van der Waals surface area contributed by atoms with Crippen LogP contribution in [0.25, 0.3) is 0 Å². The Morgan fingerprint density at radius 2 is 1.80 bits per heavy atom. The number of alkyl halides is 5. The van der Waals surface area contributed by atoms with E-state index < -0.39 is 43.6 Å². The molecule has 2 fully saturated rings. The highest BCUT2D eigenvalue weighted by Gasteiger charge is 2.58. The first-order valence-electron chi connectivity index (χ1n) is 15.8. The van der Waals surface area contributed by atoms with Gasteiger partial charge in [-0.2, -0.15) is 22.0 Å². The van der Waals surface area contributed by atoms with Crippen LogP contribution in [0.5, 0.6) is 5.75 Å². The van der Waals surface area contributed by atoms with E-state index in [0.29, 0.717) is 32.2 Å². The molecule has 0 aromatic heterocycles. The highest BCUT2D eigenvalue weighted by atomic mass is 32.2. The summed E-state index contributed by atoms with van der Waals surface area (Å²) in [7, 11) is -2.53. The molecule has 0 bridgehead atoms. The number of phosphoric ester groups is 1. The second-order valence-corrected chi connectivity index (χ2v) is 16.5. The van der Waals surface area contributed by atoms with Gasteiger partial charge < -0.3 is 14.2 Å². The van der Waals surface area contributed by atoms with Crippen LogP contribution in [0.4, 0.5) is 22.0 Å². The molecule has 2 N–H and O–H groups in total. The number of halogens is 5. The highest BCUT2D eigenvalue weighted by Crippen LogP contribution is 2.63. The summed E-state index contributed by atoms with van der Waals surface area (Å²) in [6.07, 6.45) is -2.46. The van der Waals surface area contributed by atoms with Crippen LogP contribution in [0.3, 0.4) is 0 Å². The Hall–Kier alpha value is -1.60. The number of carbonyl (C=O) groups is 1. The van der Waals surface area contributed by atoms with E-state index in [-0.39, 0.29) is 58.4 Å². The maximum atomic E-state index is 13.3. The van der Waals surface area contributed by atoms with Crippen molar-refractivity contribution in [2.24, 2.45) is 23.2 Å². The maximum Gasteiger partial charge on any atom is 0.524 e. The summed E-state index contributed by atoms with van der Waals surface area (Å²) in [5.41, 5.74) is 1.78. The van der Waals surface area contributed by atoms with Gasteiger partial charge in [0.1, 0.15) is 11.9 Å². The van der Waals surface area contributed by atoms with E-state index in [0.717, 1.165) is 36.8 Å². The van der Waals surface area contributed by atoms with Gasteiger partial charge in [-0.25, -0.2) is 4.57 Å². The second-order valence-electron chi connectivity index (χ2n) is 13.6. The van der Waals surface area contributed by atoms with Crippen molar-refractivity contribution in [2.45, 2.75) is 95.3 Å². The zero-order chi connectivity index (χ0) is 34.1. The summed E-state index contributed by atoms with van der Waals surface area (Å²) in [5.74, 6) is -4.37. The van der Waals surface area contributed by atoms with Crippen LogP contribution in [-0.4, -0.2) is 75.2 Å². The average Bonchev–Trinajstić information content (AvgIpc) is 3.25. The van der Waals surface area contributed by atoms with Gasteiger partial charge in [-0.1, -0.05) is 13.0 Å². The molecule has 262 valence electrons. The molecule has 1 aromatic carbocycles. The minimum Gasteiger partial charge on any atom is -0.462 e. The standard InChI is InChI=1S/C31H45F5NO7PS/c1-29-14-11-24-23-8-7-22(44-45(39,40)41)19-21(23)18-20(6-4-16-46(42)17-5-13-30(32,33)31(34,35)36)28(24)25(29)9-10-26(29)43-27(38)12-15-37(2)3/h7-8,19-20,24-26,28H,4-6,9-18H2,1-3H3,(H2,39,40,41)/t20-,24-,25+,26+,28-,29+,46?/m1/s1. The van der Waals surface area contributed by atoms with Gasteiger partial charge in [0.05, 0.1) is 6.42 Å². The van der Waals surface area contributed by atoms with Crippen molar-refractivity contribution in [1.82, 2.24) is 4.90 Å². The number of hydrogen-bond acceptors (Lipinski definition) is 6. The summed E-state index contributed by atoms with van der Waals surface area (Å²) in [5, 5.41) is 0. The molecule has 46 heavy (non-hydrogen) atoms. The van der Waals surface area contributed by atoms with E-state index >= 15 is 0 Å². The molecule has 0 radical (unpaired) electrons. The zero-order valence-corrected chi connectivity index (χ0v) is 28.2. The van der Waals surface area contributed by atoms with Crippen molar-refractivity contribution >= 4 is 24.6 Å². The van der Waals surface area contributed by atoms with Crippen LogP contribution in [0.2, 0.25) is 0 Å². The first kappa shape index (κ1) is 37.2. The van der Waals surface area contributed by atoms with Crippen LogP contribution in [-0.2, 0) is 31.3 Å². The fourth-order valence-electron chi connectivity index (χ4n) is 8.13. The second kappa shape index (κ2) is 14.5. The number of rotatable bonds is 14. The molecule has 0 saturated heterocycles. The fourth-order valence-corrected chi connectivity index (χ4v) is 9.67. The van der Waals surface area contributed by atoms with Gasteiger partial charge in [-0.05, 0) is 112 Å². The molecule has 7 atom stereocenters. The van der Waals surface area contributed by atoms with Crippen molar-refractivity contribution in [3.8, 4) is 5.75 Å². The van der Waals surface area contributed by atoms with Crippen molar-refractivity contribution in [3.63, 3.8) is 0 Å². The number of nitrogens with zero attached hydrogens (tertiary/aromatic N) is 1. The molecule has 4 rings (SSSR count). The summed E-state index contributed by atoms with van der Waals surface area (Å²) < 4.78 is 99.0. The van der Waals surface area contributed by atoms with Gasteiger partial charge in [0.2, 0.25) is 0 Å². The third kappa shape index (κ3) is 8.89. The summed E-state index contributed by atoms with van der Waals surface area (Å²) in [4.78, 5) is 33.3. The maximum absolute atomic E-state index is 13.3. The lowest BCUT2D eigenvalue weighted by molar-refractivity contribution is -0.284. The molecule has 0 heterocycles. The Balaban J connectivity index is 1.48. The van der Waals surface area contributed by atoms with Crippen LogP contribution < -0.4 is 4.52 Å². The molecule has 0 amide bonds. The van der Waals surface area contributed by atoms with Crippen molar-refractivity contribution in [1.29, 1.82) is 0 Å². The number of phosphoric acid groups is 1. The molecule has 8 nitrogen and oxygen atoms in total. The molecule has 3 aliphatic carbocycles. The zero-order valence-electron chi connectivity index (χ0n) is 26.4. The smallest absolute Gasteiger partial charge is 0.462 e. The van der Waals surface area contributed by atoms with Crippen LogP contribution >= 0.6 is 7.82 Å². The number of carbonyl (C=O) groups excluding carboxylic acids is 1. The van der Waals surface area contributed by atoms with Gasteiger partial charge in [0.15, 0.2) is 0 Å². The van der Waals surface area contributed by atoms with Crippen molar-refractivity contribution < 1.29 is 54.6 Å². The third-order valence-electron chi connectivity index (χ3n) is 10.3. The van der Waals surface area contributed by atoms with Gasteiger partial charge in [-0.3, -0.25) is 18.8 Å². The molecular weight excluding hydrogens is 656 g/mol. The van der Waals surface area contributed by atoms with E-state index in [2.05, 4.69) is 6.92 Å². The molecule has 1 aromatic rings. The van der Waals surface area contributed by atoms with E-state index in [1.54, 1.807) is 12.1 Å².